The molecular weight excluding hydrogens is 176 g/mol. The summed E-state index contributed by atoms with van der Waals surface area (Å²) >= 11 is 0. The Labute approximate surface area is 84.6 Å². The first-order chi connectivity index (χ1) is 6.61. The predicted octanol–water partition coefficient (Wildman–Crippen LogP) is 2.90. The van der Waals surface area contributed by atoms with E-state index in [-0.39, 0.29) is 5.92 Å². The SMILES string of the molecule is C[C@@H](C[C@H](C)c1ccccc1)C(=O)O. The molecule has 76 valence electrons. The molecule has 14 heavy (non-hydrogen) atoms. The van der Waals surface area contributed by atoms with Gasteiger partial charge in [-0.05, 0) is 17.9 Å². The molecule has 0 aliphatic carbocycles. The highest BCUT2D eigenvalue weighted by Crippen LogP contribution is 2.22. The molecule has 2 heteroatoms. The van der Waals surface area contributed by atoms with E-state index in [0.717, 1.165) is 0 Å². The average Bonchev–Trinajstić information content (AvgIpc) is 2.19. The summed E-state index contributed by atoms with van der Waals surface area (Å²) in [6.07, 6.45) is 0.694. The summed E-state index contributed by atoms with van der Waals surface area (Å²) in [5.74, 6) is -0.680. The van der Waals surface area contributed by atoms with Crippen LogP contribution in [0.3, 0.4) is 0 Å². The Kier molecular flexibility index (Phi) is 3.69. The second kappa shape index (κ2) is 4.80. The Bertz CT molecular complexity index is 292. The molecule has 0 radical (unpaired) electrons. The van der Waals surface area contributed by atoms with E-state index >= 15 is 0 Å². The standard InChI is InChI=1S/C12H16O2/c1-9(8-10(2)12(13)14)11-6-4-3-5-7-11/h3-7,9-10H,8H2,1-2H3,(H,13,14)/t9-,10-/m0/s1. The molecule has 0 aliphatic rings. The van der Waals surface area contributed by atoms with E-state index in [1.54, 1.807) is 6.92 Å². The molecule has 0 amide bonds. The predicted molar refractivity (Wildman–Crippen MR) is 56.3 cm³/mol. The van der Waals surface area contributed by atoms with Crippen molar-refractivity contribution in [2.45, 2.75) is 26.2 Å². The van der Waals surface area contributed by atoms with E-state index in [4.69, 9.17) is 5.11 Å². The first-order valence-corrected chi connectivity index (χ1v) is 4.89. The van der Waals surface area contributed by atoms with Crippen molar-refractivity contribution in [3.63, 3.8) is 0 Å². The van der Waals surface area contributed by atoms with E-state index in [1.165, 1.54) is 5.56 Å². The quantitative estimate of drug-likeness (QED) is 0.796. The molecule has 0 fully saturated rings. The molecule has 0 aromatic heterocycles. The Hall–Kier alpha value is -1.31. The van der Waals surface area contributed by atoms with Crippen molar-refractivity contribution < 1.29 is 9.90 Å². The maximum Gasteiger partial charge on any atom is 0.306 e. The van der Waals surface area contributed by atoms with Crippen LogP contribution in [0.2, 0.25) is 0 Å². The number of rotatable bonds is 4. The van der Waals surface area contributed by atoms with Gasteiger partial charge in [-0.3, -0.25) is 4.79 Å². The van der Waals surface area contributed by atoms with Gasteiger partial charge in [0.15, 0.2) is 0 Å². The van der Waals surface area contributed by atoms with Gasteiger partial charge < -0.3 is 5.11 Å². The zero-order chi connectivity index (χ0) is 10.6. The van der Waals surface area contributed by atoms with Gasteiger partial charge in [0.1, 0.15) is 0 Å². The van der Waals surface area contributed by atoms with Crippen molar-refractivity contribution >= 4 is 5.97 Å². The molecular formula is C12H16O2. The highest BCUT2D eigenvalue weighted by molar-refractivity contribution is 5.69. The van der Waals surface area contributed by atoms with Gasteiger partial charge in [0.05, 0.1) is 5.92 Å². The fraction of sp³-hybridized carbons (Fsp3) is 0.417. The van der Waals surface area contributed by atoms with Crippen LogP contribution in [-0.4, -0.2) is 11.1 Å². The minimum absolute atomic E-state index is 0.273. The Balaban J connectivity index is 2.59. The number of carboxylic acid groups (broad SMARTS) is 1. The van der Waals surface area contributed by atoms with Gasteiger partial charge in [-0.2, -0.15) is 0 Å². The highest BCUT2D eigenvalue weighted by atomic mass is 16.4. The highest BCUT2D eigenvalue weighted by Gasteiger charge is 2.15. The van der Waals surface area contributed by atoms with Gasteiger partial charge >= 0.3 is 5.97 Å². The van der Waals surface area contributed by atoms with Crippen LogP contribution in [0.4, 0.5) is 0 Å². The van der Waals surface area contributed by atoms with E-state index in [0.29, 0.717) is 12.3 Å². The van der Waals surface area contributed by atoms with Crippen molar-refractivity contribution in [1.82, 2.24) is 0 Å². The summed E-state index contributed by atoms with van der Waals surface area (Å²) in [6.45, 7) is 3.82. The van der Waals surface area contributed by atoms with Crippen LogP contribution in [0.15, 0.2) is 30.3 Å². The number of carboxylic acids is 1. The Morgan fingerprint density at radius 3 is 2.36 bits per heavy atom. The minimum atomic E-state index is -0.715. The summed E-state index contributed by atoms with van der Waals surface area (Å²) < 4.78 is 0. The van der Waals surface area contributed by atoms with Crippen LogP contribution in [0.1, 0.15) is 31.7 Å². The first kappa shape index (κ1) is 10.8. The van der Waals surface area contributed by atoms with E-state index in [2.05, 4.69) is 6.92 Å². The molecule has 0 spiro atoms. The number of hydrogen-bond donors (Lipinski definition) is 1. The molecule has 0 heterocycles. The lowest BCUT2D eigenvalue weighted by molar-refractivity contribution is -0.141. The van der Waals surface area contributed by atoms with E-state index < -0.39 is 5.97 Å². The molecule has 0 aliphatic heterocycles. The summed E-state index contributed by atoms with van der Waals surface area (Å²) in [6, 6.07) is 10.0. The number of carbonyl (C=O) groups is 1. The van der Waals surface area contributed by atoms with E-state index in [1.807, 2.05) is 30.3 Å². The minimum Gasteiger partial charge on any atom is -0.481 e. The van der Waals surface area contributed by atoms with Crippen molar-refractivity contribution in [3.05, 3.63) is 35.9 Å². The molecule has 0 unspecified atom stereocenters. The number of benzene rings is 1. The van der Waals surface area contributed by atoms with Gasteiger partial charge in [-0.15, -0.1) is 0 Å². The van der Waals surface area contributed by atoms with Crippen LogP contribution < -0.4 is 0 Å². The van der Waals surface area contributed by atoms with Crippen molar-refractivity contribution in [3.8, 4) is 0 Å². The van der Waals surface area contributed by atoms with Crippen LogP contribution in [0.5, 0.6) is 0 Å². The van der Waals surface area contributed by atoms with Crippen molar-refractivity contribution in [2.24, 2.45) is 5.92 Å². The summed E-state index contributed by atoms with van der Waals surface area (Å²) in [4.78, 5) is 10.7. The topological polar surface area (TPSA) is 37.3 Å². The van der Waals surface area contributed by atoms with Crippen LogP contribution in [0, 0.1) is 5.92 Å². The number of hydrogen-bond acceptors (Lipinski definition) is 1. The van der Waals surface area contributed by atoms with Gasteiger partial charge in [0.2, 0.25) is 0 Å². The lowest BCUT2D eigenvalue weighted by Crippen LogP contribution is -2.12. The molecule has 1 N–H and O–H groups in total. The molecule has 1 aromatic rings. The molecule has 2 nitrogen and oxygen atoms in total. The second-order valence-corrected chi connectivity index (χ2v) is 3.79. The maximum absolute atomic E-state index is 10.7. The van der Waals surface area contributed by atoms with Gasteiger partial charge in [-0.1, -0.05) is 44.2 Å². The summed E-state index contributed by atoms with van der Waals surface area (Å²) in [7, 11) is 0. The summed E-state index contributed by atoms with van der Waals surface area (Å²) in [5.41, 5.74) is 1.21. The van der Waals surface area contributed by atoms with Gasteiger partial charge in [0, 0.05) is 0 Å². The lowest BCUT2D eigenvalue weighted by Gasteiger charge is -2.14. The molecule has 1 rings (SSSR count). The molecule has 0 saturated carbocycles. The normalized spacial score (nSPS) is 14.7. The van der Waals surface area contributed by atoms with Crippen molar-refractivity contribution in [1.29, 1.82) is 0 Å². The zero-order valence-corrected chi connectivity index (χ0v) is 8.60. The second-order valence-electron chi connectivity index (χ2n) is 3.79. The average molecular weight is 192 g/mol. The van der Waals surface area contributed by atoms with Crippen molar-refractivity contribution in [2.75, 3.05) is 0 Å². The summed E-state index contributed by atoms with van der Waals surface area (Å²) in [5, 5.41) is 8.78. The molecule has 0 bridgehead atoms. The molecule has 0 saturated heterocycles. The van der Waals surface area contributed by atoms with Crippen LogP contribution in [0.25, 0.3) is 0 Å². The molecule has 2 atom stereocenters. The van der Waals surface area contributed by atoms with E-state index in [9.17, 15) is 4.79 Å². The monoisotopic (exact) mass is 192 g/mol. The fourth-order valence-corrected chi connectivity index (χ4v) is 1.55. The Morgan fingerprint density at radius 1 is 1.29 bits per heavy atom. The van der Waals surface area contributed by atoms with Crippen LogP contribution in [-0.2, 0) is 4.79 Å². The smallest absolute Gasteiger partial charge is 0.306 e. The third-order valence-corrected chi connectivity index (χ3v) is 2.50. The first-order valence-electron chi connectivity index (χ1n) is 4.89. The largest absolute Gasteiger partial charge is 0.481 e. The third kappa shape index (κ3) is 2.87. The molecule has 1 aromatic carbocycles. The van der Waals surface area contributed by atoms with Crippen LogP contribution >= 0.6 is 0 Å². The fourth-order valence-electron chi connectivity index (χ4n) is 1.55. The number of aliphatic carboxylic acids is 1. The zero-order valence-electron chi connectivity index (χ0n) is 8.60. The Morgan fingerprint density at radius 2 is 1.86 bits per heavy atom. The maximum atomic E-state index is 10.7. The van der Waals surface area contributed by atoms with Gasteiger partial charge in [0.25, 0.3) is 0 Å². The van der Waals surface area contributed by atoms with Gasteiger partial charge in [-0.25, -0.2) is 0 Å². The lowest BCUT2D eigenvalue weighted by atomic mass is 9.91. The third-order valence-electron chi connectivity index (χ3n) is 2.50.